The number of halogens is 1. The number of aryl methyl sites for hydroxylation is 2. The second-order valence-corrected chi connectivity index (χ2v) is 8.83. The Kier molecular flexibility index (Phi) is 6.93. The molecule has 0 saturated heterocycles. The summed E-state index contributed by atoms with van der Waals surface area (Å²) in [6, 6.07) is 14.8. The van der Waals surface area contributed by atoms with Gasteiger partial charge in [-0.3, -0.25) is 18.8 Å². The average molecular weight is 478 g/mol. The Morgan fingerprint density at radius 1 is 1.09 bits per heavy atom. The molecule has 0 unspecified atom stereocenters. The van der Waals surface area contributed by atoms with Crippen molar-refractivity contribution in [1.29, 1.82) is 0 Å². The normalized spacial score (nSPS) is 10.9. The number of aromatic nitrogens is 4. The maximum atomic E-state index is 13.6. The topological polar surface area (TPSA) is 73.0 Å². The molecule has 2 heterocycles. The molecule has 0 aliphatic carbocycles. The Hall–Kier alpha value is -3.72. The lowest BCUT2D eigenvalue weighted by Gasteiger charge is -2.18. The third kappa shape index (κ3) is 5.09. The summed E-state index contributed by atoms with van der Waals surface area (Å²) in [5, 5.41) is 4.81. The highest BCUT2D eigenvalue weighted by Gasteiger charge is 2.23. The van der Waals surface area contributed by atoms with E-state index in [9.17, 15) is 14.0 Å². The molecule has 2 aromatic heterocycles. The van der Waals surface area contributed by atoms with Crippen LogP contribution in [0.15, 0.2) is 72.1 Å². The van der Waals surface area contributed by atoms with Crippen molar-refractivity contribution in [3.63, 3.8) is 0 Å². The van der Waals surface area contributed by atoms with Gasteiger partial charge in [0.15, 0.2) is 10.9 Å². The standard InChI is InChI=1S/C25H24FN5O2S/c1-17-19(15-30(3)28-17)14-29(2)24(33)22-13-27-25(31(22)21-11-9-20(26)10-12-21)34-16-23(32)18-7-5-4-6-8-18/h4-13,15H,14,16H2,1-3H3. The van der Waals surface area contributed by atoms with Crippen LogP contribution in [-0.4, -0.2) is 48.7 Å². The van der Waals surface area contributed by atoms with Gasteiger partial charge in [0, 0.05) is 43.7 Å². The molecule has 0 aliphatic heterocycles. The smallest absolute Gasteiger partial charge is 0.272 e. The summed E-state index contributed by atoms with van der Waals surface area (Å²) in [6.07, 6.45) is 3.38. The molecule has 0 spiro atoms. The molecule has 0 saturated carbocycles. The van der Waals surface area contributed by atoms with Crippen LogP contribution in [0.25, 0.3) is 5.69 Å². The lowest BCUT2D eigenvalue weighted by atomic mass is 10.2. The van der Waals surface area contributed by atoms with Crippen LogP contribution < -0.4 is 0 Å². The average Bonchev–Trinajstić information content (AvgIpc) is 3.40. The molecule has 174 valence electrons. The van der Waals surface area contributed by atoms with Crippen LogP contribution in [0.4, 0.5) is 4.39 Å². The van der Waals surface area contributed by atoms with Crippen LogP contribution in [-0.2, 0) is 13.6 Å². The minimum atomic E-state index is -0.380. The quantitative estimate of drug-likeness (QED) is 0.279. The van der Waals surface area contributed by atoms with Crippen molar-refractivity contribution in [2.45, 2.75) is 18.6 Å². The molecule has 4 aromatic rings. The highest BCUT2D eigenvalue weighted by Crippen LogP contribution is 2.26. The van der Waals surface area contributed by atoms with Crippen molar-refractivity contribution in [3.8, 4) is 5.69 Å². The van der Waals surface area contributed by atoms with Crippen molar-refractivity contribution < 1.29 is 14.0 Å². The summed E-state index contributed by atoms with van der Waals surface area (Å²) in [6.45, 7) is 2.27. The second kappa shape index (κ2) is 10.0. The van der Waals surface area contributed by atoms with Crippen molar-refractivity contribution in [1.82, 2.24) is 24.2 Å². The summed E-state index contributed by atoms with van der Waals surface area (Å²) in [7, 11) is 3.55. The van der Waals surface area contributed by atoms with Crippen molar-refractivity contribution in [3.05, 3.63) is 95.3 Å². The molecule has 0 bridgehead atoms. The highest BCUT2D eigenvalue weighted by molar-refractivity contribution is 7.99. The number of carbonyl (C=O) groups is 2. The Morgan fingerprint density at radius 3 is 2.44 bits per heavy atom. The molecule has 7 nitrogen and oxygen atoms in total. The lowest BCUT2D eigenvalue weighted by molar-refractivity contribution is 0.0776. The molecule has 4 rings (SSSR count). The van der Waals surface area contributed by atoms with Crippen molar-refractivity contribution >= 4 is 23.5 Å². The largest absolute Gasteiger partial charge is 0.336 e. The van der Waals surface area contributed by atoms with E-state index >= 15 is 0 Å². The first kappa shape index (κ1) is 23.4. The molecular weight excluding hydrogens is 453 g/mol. The van der Waals surface area contributed by atoms with Gasteiger partial charge < -0.3 is 4.90 Å². The number of Topliss-reactive ketones (excluding diaryl/α,β-unsaturated/α-hetero) is 1. The van der Waals surface area contributed by atoms with Crippen LogP contribution >= 0.6 is 11.8 Å². The van der Waals surface area contributed by atoms with Gasteiger partial charge in [-0.2, -0.15) is 5.10 Å². The van der Waals surface area contributed by atoms with Gasteiger partial charge >= 0.3 is 0 Å². The Labute approximate surface area is 201 Å². The van der Waals surface area contributed by atoms with E-state index < -0.39 is 0 Å². The molecule has 0 atom stereocenters. The molecular formula is C25H24FN5O2S. The number of imidazole rings is 1. The van der Waals surface area contributed by atoms with Crippen LogP contribution in [0, 0.1) is 12.7 Å². The van der Waals surface area contributed by atoms with Crippen LogP contribution in [0.3, 0.4) is 0 Å². The Morgan fingerprint density at radius 2 is 1.79 bits per heavy atom. The van der Waals surface area contributed by atoms with Crippen LogP contribution in [0.1, 0.15) is 32.1 Å². The van der Waals surface area contributed by atoms with Crippen molar-refractivity contribution in [2.24, 2.45) is 7.05 Å². The van der Waals surface area contributed by atoms with Gasteiger partial charge in [-0.25, -0.2) is 9.37 Å². The number of amides is 1. The van der Waals surface area contributed by atoms with E-state index in [1.165, 1.54) is 30.1 Å². The molecule has 34 heavy (non-hydrogen) atoms. The molecule has 0 fully saturated rings. The third-order valence-corrected chi connectivity index (χ3v) is 6.28. The van der Waals surface area contributed by atoms with E-state index in [2.05, 4.69) is 10.1 Å². The van der Waals surface area contributed by atoms with Gasteiger partial charge in [0.2, 0.25) is 0 Å². The number of benzene rings is 2. The Balaban J connectivity index is 1.62. The fourth-order valence-corrected chi connectivity index (χ4v) is 4.48. The molecule has 1 amide bonds. The number of rotatable bonds is 8. The number of hydrogen-bond acceptors (Lipinski definition) is 5. The first-order valence-electron chi connectivity index (χ1n) is 10.6. The Bertz CT molecular complexity index is 1320. The summed E-state index contributed by atoms with van der Waals surface area (Å²) < 4.78 is 17.0. The molecule has 0 N–H and O–H groups in total. The van der Waals surface area contributed by atoms with E-state index in [1.807, 2.05) is 38.4 Å². The van der Waals surface area contributed by atoms with Gasteiger partial charge in [-0.05, 0) is 31.2 Å². The summed E-state index contributed by atoms with van der Waals surface area (Å²) in [4.78, 5) is 32.0. The van der Waals surface area contributed by atoms with E-state index in [4.69, 9.17) is 0 Å². The lowest BCUT2D eigenvalue weighted by Crippen LogP contribution is -2.28. The number of nitrogens with zero attached hydrogens (tertiary/aromatic N) is 5. The minimum absolute atomic E-state index is 0.0451. The summed E-state index contributed by atoms with van der Waals surface area (Å²) in [5.41, 5.74) is 3.31. The minimum Gasteiger partial charge on any atom is -0.336 e. The predicted octanol–water partition coefficient (Wildman–Crippen LogP) is 4.30. The summed E-state index contributed by atoms with van der Waals surface area (Å²) >= 11 is 1.23. The summed E-state index contributed by atoms with van der Waals surface area (Å²) in [5.74, 6) is -0.521. The number of carbonyl (C=O) groups excluding carboxylic acids is 2. The molecule has 0 radical (unpaired) electrons. The number of thioether (sulfide) groups is 1. The van der Waals surface area contributed by atoms with E-state index in [0.717, 1.165) is 11.3 Å². The van der Waals surface area contributed by atoms with E-state index in [1.54, 1.807) is 45.5 Å². The fourth-order valence-electron chi connectivity index (χ4n) is 3.59. The van der Waals surface area contributed by atoms with Crippen LogP contribution in [0.2, 0.25) is 0 Å². The van der Waals surface area contributed by atoms with Gasteiger partial charge in [0.1, 0.15) is 11.5 Å². The third-order valence-electron chi connectivity index (χ3n) is 5.33. The van der Waals surface area contributed by atoms with E-state index in [0.29, 0.717) is 28.6 Å². The predicted molar refractivity (Wildman–Crippen MR) is 129 cm³/mol. The second-order valence-electron chi connectivity index (χ2n) is 7.89. The van der Waals surface area contributed by atoms with Gasteiger partial charge in [-0.1, -0.05) is 42.1 Å². The molecule has 0 aliphatic rings. The number of hydrogen-bond donors (Lipinski definition) is 0. The molecule has 2 aromatic carbocycles. The maximum absolute atomic E-state index is 13.6. The first-order chi connectivity index (χ1) is 16.3. The van der Waals surface area contributed by atoms with Gasteiger partial charge in [-0.15, -0.1) is 0 Å². The van der Waals surface area contributed by atoms with Gasteiger partial charge in [0.25, 0.3) is 5.91 Å². The number of ketones is 1. The first-order valence-corrected chi connectivity index (χ1v) is 11.6. The molecule has 9 heteroatoms. The fraction of sp³-hybridized carbons (Fsp3) is 0.200. The zero-order valence-corrected chi connectivity index (χ0v) is 19.9. The van der Waals surface area contributed by atoms with Gasteiger partial charge in [0.05, 0.1) is 17.6 Å². The zero-order chi connectivity index (χ0) is 24.2. The van der Waals surface area contributed by atoms with Crippen molar-refractivity contribution in [2.75, 3.05) is 12.8 Å². The SMILES string of the molecule is Cc1nn(C)cc1CN(C)C(=O)c1cnc(SCC(=O)c2ccccc2)n1-c1ccc(F)cc1. The van der Waals surface area contributed by atoms with E-state index in [-0.39, 0.29) is 23.3 Å². The maximum Gasteiger partial charge on any atom is 0.272 e. The highest BCUT2D eigenvalue weighted by atomic mass is 32.2. The van der Waals surface area contributed by atoms with Crippen LogP contribution in [0.5, 0.6) is 0 Å². The monoisotopic (exact) mass is 477 g/mol. The zero-order valence-electron chi connectivity index (χ0n) is 19.1.